The maximum atomic E-state index is 12.4. The number of sulfonamides is 1. The molecule has 0 unspecified atom stereocenters. The molecule has 0 aliphatic heterocycles. The SMILES string of the molecule is O=S(=O)(Nc1ccccc1)c1c(Cl)c(Cl)c(Cl)c(Cl)c1Cl. The molecule has 21 heavy (non-hydrogen) atoms. The van der Waals surface area contributed by atoms with Crippen LogP contribution in [0.1, 0.15) is 0 Å². The average molecular weight is 406 g/mol. The summed E-state index contributed by atoms with van der Waals surface area (Å²) in [6, 6.07) is 8.22. The second kappa shape index (κ2) is 6.41. The van der Waals surface area contributed by atoms with Gasteiger partial charge in [0.2, 0.25) is 0 Å². The summed E-state index contributed by atoms with van der Waals surface area (Å²) in [7, 11) is -4.08. The van der Waals surface area contributed by atoms with Crippen molar-refractivity contribution in [2.24, 2.45) is 0 Å². The Morgan fingerprint density at radius 2 is 1.14 bits per heavy atom. The number of rotatable bonds is 3. The molecule has 0 amide bonds. The number of para-hydroxylation sites is 1. The normalized spacial score (nSPS) is 11.5. The molecule has 1 N–H and O–H groups in total. The van der Waals surface area contributed by atoms with E-state index in [0.717, 1.165) is 0 Å². The molecule has 0 saturated heterocycles. The number of nitrogens with one attached hydrogen (secondary N) is 1. The molecule has 0 spiro atoms. The molecule has 0 radical (unpaired) electrons. The highest BCUT2D eigenvalue weighted by atomic mass is 35.5. The molecular formula is C12H6Cl5NO2S. The zero-order chi connectivity index (χ0) is 15.8. The van der Waals surface area contributed by atoms with Gasteiger partial charge in [-0.2, -0.15) is 0 Å². The van der Waals surface area contributed by atoms with Crippen LogP contribution in [0.4, 0.5) is 5.69 Å². The first-order valence-corrected chi connectivity index (χ1v) is 8.72. The highest BCUT2D eigenvalue weighted by molar-refractivity contribution is 7.93. The Balaban J connectivity index is 2.61. The molecule has 0 atom stereocenters. The number of anilines is 1. The van der Waals surface area contributed by atoms with Gasteiger partial charge in [0.1, 0.15) is 4.90 Å². The Morgan fingerprint density at radius 1 is 0.714 bits per heavy atom. The van der Waals surface area contributed by atoms with Crippen LogP contribution in [0.5, 0.6) is 0 Å². The fraction of sp³-hybridized carbons (Fsp3) is 0. The van der Waals surface area contributed by atoms with Crippen LogP contribution in [-0.2, 0) is 10.0 Å². The lowest BCUT2D eigenvalue weighted by Crippen LogP contribution is -2.14. The first kappa shape index (κ1) is 17.0. The molecular weight excluding hydrogens is 399 g/mol. The van der Waals surface area contributed by atoms with Gasteiger partial charge in [-0.3, -0.25) is 4.72 Å². The van der Waals surface area contributed by atoms with Gasteiger partial charge in [0, 0.05) is 5.69 Å². The van der Waals surface area contributed by atoms with E-state index in [0.29, 0.717) is 5.69 Å². The molecule has 0 aliphatic carbocycles. The lowest BCUT2D eigenvalue weighted by atomic mass is 10.3. The molecule has 2 aromatic rings. The van der Waals surface area contributed by atoms with Gasteiger partial charge >= 0.3 is 0 Å². The minimum atomic E-state index is -4.08. The van der Waals surface area contributed by atoms with Gasteiger partial charge in [-0.1, -0.05) is 76.2 Å². The Morgan fingerprint density at radius 3 is 1.62 bits per heavy atom. The first-order chi connectivity index (χ1) is 9.75. The number of hydrogen-bond donors (Lipinski definition) is 1. The molecule has 3 nitrogen and oxygen atoms in total. The quantitative estimate of drug-likeness (QED) is 0.522. The first-order valence-electron chi connectivity index (χ1n) is 5.35. The number of hydrogen-bond acceptors (Lipinski definition) is 2. The molecule has 0 aromatic heterocycles. The van der Waals surface area contributed by atoms with Crippen LogP contribution >= 0.6 is 58.0 Å². The molecule has 9 heteroatoms. The molecule has 0 aliphatic rings. The second-order valence-electron chi connectivity index (χ2n) is 3.87. The van der Waals surface area contributed by atoms with Crippen molar-refractivity contribution in [3.63, 3.8) is 0 Å². The zero-order valence-corrected chi connectivity index (χ0v) is 14.6. The van der Waals surface area contributed by atoms with Crippen molar-refractivity contribution in [3.05, 3.63) is 55.4 Å². The molecule has 2 rings (SSSR count). The van der Waals surface area contributed by atoms with E-state index in [9.17, 15) is 8.42 Å². The summed E-state index contributed by atoms with van der Waals surface area (Å²) >= 11 is 29.5. The van der Waals surface area contributed by atoms with Crippen LogP contribution in [0.3, 0.4) is 0 Å². The Labute approximate surface area is 146 Å². The van der Waals surface area contributed by atoms with Crippen LogP contribution in [0.25, 0.3) is 0 Å². The van der Waals surface area contributed by atoms with E-state index < -0.39 is 14.9 Å². The van der Waals surface area contributed by atoms with Crippen molar-refractivity contribution in [3.8, 4) is 0 Å². The number of halogens is 5. The van der Waals surface area contributed by atoms with E-state index >= 15 is 0 Å². The van der Waals surface area contributed by atoms with Crippen LogP contribution in [-0.4, -0.2) is 8.42 Å². The van der Waals surface area contributed by atoms with Crippen molar-refractivity contribution >= 4 is 73.7 Å². The number of benzene rings is 2. The minimum absolute atomic E-state index is 0.105. The third-order valence-corrected chi connectivity index (χ3v) is 6.42. The second-order valence-corrected chi connectivity index (χ2v) is 7.38. The van der Waals surface area contributed by atoms with E-state index in [1.165, 1.54) is 0 Å². The maximum Gasteiger partial charge on any atom is 0.264 e. The zero-order valence-electron chi connectivity index (χ0n) is 10.0. The van der Waals surface area contributed by atoms with Crippen LogP contribution in [0.2, 0.25) is 25.1 Å². The van der Waals surface area contributed by atoms with E-state index in [1.54, 1.807) is 30.3 Å². The fourth-order valence-electron chi connectivity index (χ4n) is 1.53. The Hall–Kier alpha value is -0.360. The monoisotopic (exact) mass is 403 g/mol. The van der Waals surface area contributed by atoms with Gasteiger partial charge in [-0.15, -0.1) is 0 Å². The Bertz CT molecular complexity index is 764. The molecule has 0 saturated carbocycles. The molecule has 0 heterocycles. The van der Waals surface area contributed by atoms with Crippen molar-refractivity contribution in [1.82, 2.24) is 0 Å². The summed E-state index contributed by atoms with van der Waals surface area (Å²) in [6.45, 7) is 0. The third-order valence-electron chi connectivity index (χ3n) is 2.46. The molecule has 0 fully saturated rings. The fourth-order valence-corrected chi connectivity index (χ4v) is 4.62. The van der Waals surface area contributed by atoms with Gasteiger partial charge in [-0.25, -0.2) is 8.42 Å². The van der Waals surface area contributed by atoms with Gasteiger partial charge in [0.25, 0.3) is 10.0 Å². The third kappa shape index (κ3) is 3.36. The highest BCUT2D eigenvalue weighted by Crippen LogP contribution is 2.46. The maximum absolute atomic E-state index is 12.4. The van der Waals surface area contributed by atoms with Crippen molar-refractivity contribution < 1.29 is 8.42 Å². The van der Waals surface area contributed by atoms with Crippen LogP contribution in [0, 0.1) is 0 Å². The summed E-state index contributed by atoms with van der Waals surface area (Å²) in [5.41, 5.74) is 0.340. The van der Waals surface area contributed by atoms with Gasteiger partial charge in [0.05, 0.1) is 25.1 Å². The van der Waals surface area contributed by atoms with Crippen LogP contribution in [0.15, 0.2) is 35.2 Å². The lowest BCUT2D eigenvalue weighted by molar-refractivity contribution is 0.601. The standard InChI is InChI=1S/C12H6Cl5NO2S/c13-7-8(14)10(16)12(11(17)9(7)15)21(19,20)18-6-4-2-1-3-5-6/h1-5,18H. The van der Waals surface area contributed by atoms with Gasteiger partial charge in [-0.05, 0) is 12.1 Å². The summed E-state index contributed by atoms with van der Waals surface area (Å²) in [5, 5.41) is -1.05. The van der Waals surface area contributed by atoms with Crippen molar-refractivity contribution in [1.29, 1.82) is 0 Å². The summed E-state index contributed by atoms with van der Waals surface area (Å²) < 4.78 is 27.2. The van der Waals surface area contributed by atoms with Crippen molar-refractivity contribution in [2.45, 2.75) is 4.90 Å². The smallest absolute Gasteiger partial charge is 0.264 e. The van der Waals surface area contributed by atoms with Crippen LogP contribution < -0.4 is 4.72 Å². The molecule has 0 bridgehead atoms. The minimum Gasteiger partial charge on any atom is -0.280 e. The highest BCUT2D eigenvalue weighted by Gasteiger charge is 2.28. The Kier molecular flexibility index (Phi) is 5.19. The predicted molar refractivity (Wildman–Crippen MR) is 88.7 cm³/mol. The van der Waals surface area contributed by atoms with Crippen molar-refractivity contribution in [2.75, 3.05) is 4.72 Å². The van der Waals surface area contributed by atoms with E-state index in [4.69, 9.17) is 58.0 Å². The van der Waals surface area contributed by atoms with Gasteiger partial charge < -0.3 is 0 Å². The largest absolute Gasteiger partial charge is 0.280 e. The lowest BCUT2D eigenvalue weighted by Gasteiger charge is -2.14. The van der Waals surface area contributed by atoms with E-state index in [-0.39, 0.29) is 25.1 Å². The molecule has 2 aromatic carbocycles. The topological polar surface area (TPSA) is 46.2 Å². The predicted octanol–water partition coefficient (Wildman–Crippen LogP) is 5.75. The van der Waals surface area contributed by atoms with E-state index in [2.05, 4.69) is 4.72 Å². The van der Waals surface area contributed by atoms with E-state index in [1.807, 2.05) is 0 Å². The van der Waals surface area contributed by atoms with Gasteiger partial charge in [0.15, 0.2) is 0 Å². The summed E-state index contributed by atoms with van der Waals surface area (Å²) in [4.78, 5) is -0.422. The average Bonchev–Trinajstić information content (AvgIpc) is 2.43. The molecule has 112 valence electrons. The summed E-state index contributed by atoms with van der Waals surface area (Å²) in [5.74, 6) is 0. The summed E-state index contributed by atoms with van der Waals surface area (Å²) in [6.07, 6.45) is 0.